The Labute approximate surface area is 183 Å². The number of aromatic amines is 1. The Morgan fingerprint density at radius 3 is 2.71 bits per heavy atom. The molecule has 0 radical (unpaired) electrons. The number of nitrogens with one attached hydrogen (secondary N) is 1. The molecule has 0 aliphatic carbocycles. The smallest absolute Gasteiger partial charge is 0.256 e. The number of nitrogens with zero attached hydrogens (tertiary/aromatic N) is 4. The van der Waals surface area contributed by atoms with E-state index in [4.69, 9.17) is 10.7 Å². The molecule has 7 nitrogen and oxygen atoms in total. The molecule has 3 N–H and O–H groups in total. The molecule has 0 atom stereocenters. The van der Waals surface area contributed by atoms with Crippen LogP contribution < -0.4 is 15.5 Å². The van der Waals surface area contributed by atoms with Gasteiger partial charge < -0.3 is 25.4 Å². The number of rotatable bonds is 6. The number of nitrogens with two attached hydrogens (primary N) is 1. The Morgan fingerprint density at radius 1 is 1.23 bits per heavy atom. The number of benzene rings is 1. The van der Waals surface area contributed by atoms with Gasteiger partial charge >= 0.3 is 0 Å². The highest BCUT2D eigenvalue weighted by atomic mass is 16.2. The Morgan fingerprint density at radius 2 is 2.00 bits per heavy atom. The third kappa shape index (κ3) is 4.04. The topological polar surface area (TPSA) is 81.5 Å². The molecule has 2 aromatic heterocycles. The SMILES string of the molecule is CCN(C)c1cccnc1N(CC)C1CCN(C(=O)c2c[nH]c3ccc(N)cc23)CC1. The molecule has 31 heavy (non-hydrogen) atoms. The van der Waals surface area contributed by atoms with Gasteiger partial charge in [0.05, 0.1) is 11.3 Å². The highest BCUT2D eigenvalue weighted by Crippen LogP contribution is 2.31. The lowest BCUT2D eigenvalue weighted by molar-refractivity contribution is 0.0714. The summed E-state index contributed by atoms with van der Waals surface area (Å²) in [6.45, 7) is 7.62. The van der Waals surface area contributed by atoms with Crippen molar-refractivity contribution in [3.05, 3.63) is 48.3 Å². The fourth-order valence-corrected chi connectivity index (χ4v) is 4.53. The second-order valence-corrected chi connectivity index (χ2v) is 8.18. The van der Waals surface area contributed by atoms with Crippen LogP contribution in [0.2, 0.25) is 0 Å². The molecule has 1 aliphatic heterocycles. The van der Waals surface area contributed by atoms with E-state index in [1.807, 2.05) is 35.4 Å². The summed E-state index contributed by atoms with van der Waals surface area (Å²) >= 11 is 0. The van der Waals surface area contributed by atoms with Crippen molar-refractivity contribution < 1.29 is 4.79 Å². The van der Waals surface area contributed by atoms with E-state index in [1.165, 1.54) is 0 Å². The summed E-state index contributed by atoms with van der Waals surface area (Å²) in [5.74, 6) is 1.11. The summed E-state index contributed by atoms with van der Waals surface area (Å²) in [5.41, 5.74) is 9.40. The largest absolute Gasteiger partial charge is 0.399 e. The van der Waals surface area contributed by atoms with Gasteiger partial charge in [-0.25, -0.2) is 4.98 Å². The zero-order valence-electron chi connectivity index (χ0n) is 18.6. The van der Waals surface area contributed by atoms with E-state index >= 15 is 0 Å². The molecule has 7 heteroatoms. The fourth-order valence-electron chi connectivity index (χ4n) is 4.53. The van der Waals surface area contributed by atoms with E-state index in [0.29, 0.717) is 17.3 Å². The van der Waals surface area contributed by atoms with Crippen LogP contribution in [0, 0.1) is 0 Å². The second-order valence-electron chi connectivity index (χ2n) is 8.18. The number of likely N-dealkylation sites (tertiary alicyclic amines) is 1. The number of piperidine rings is 1. The van der Waals surface area contributed by atoms with Crippen molar-refractivity contribution in [1.82, 2.24) is 14.9 Å². The van der Waals surface area contributed by atoms with Crippen LogP contribution in [0.25, 0.3) is 10.9 Å². The van der Waals surface area contributed by atoms with E-state index in [1.54, 1.807) is 6.20 Å². The van der Waals surface area contributed by atoms with Crippen molar-refractivity contribution in [1.29, 1.82) is 0 Å². The van der Waals surface area contributed by atoms with E-state index in [0.717, 1.165) is 61.4 Å². The van der Waals surface area contributed by atoms with Crippen molar-refractivity contribution in [3.8, 4) is 0 Å². The van der Waals surface area contributed by atoms with Gasteiger partial charge in [0.2, 0.25) is 0 Å². The third-order valence-electron chi connectivity index (χ3n) is 6.39. The lowest BCUT2D eigenvalue weighted by Gasteiger charge is -2.40. The van der Waals surface area contributed by atoms with Gasteiger partial charge in [-0.1, -0.05) is 0 Å². The molecule has 3 heterocycles. The monoisotopic (exact) mass is 420 g/mol. The van der Waals surface area contributed by atoms with Gasteiger partial charge in [-0.15, -0.1) is 0 Å². The normalized spacial score (nSPS) is 14.7. The average molecular weight is 421 g/mol. The first-order valence-corrected chi connectivity index (χ1v) is 11.1. The first-order chi connectivity index (χ1) is 15.0. The molecule has 0 saturated carbocycles. The molecule has 1 fully saturated rings. The van der Waals surface area contributed by atoms with E-state index in [9.17, 15) is 4.79 Å². The van der Waals surface area contributed by atoms with Crippen molar-refractivity contribution >= 4 is 34.0 Å². The molecule has 1 aliphatic rings. The Hall–Kier alpha value is -3.22. The maximum absolute atomic E-state index is 13.2. The first-order valence-electron chi connectivity index (χ1n) is 11.1. The Balaban J connectivity index is 1.49. The summed E-state index contributed by atoms with van der Waals surface area (Å²) in [4.78, 5) is 27.7. The van der Waals surface area contributed by atoms with Gasteiger partial charge in [0.25, 0.3) is 5.91 Å². The molecule has 164 valence electrons. The summed E-state index contributed by atoms with van der Waals surface area (Å²) in [7, 11) is 2.10. The van der Waals surface area contributed by atoms with Crippen LogP contribution in [0.5, 0.6) is 0 Å². The van der Waals surface area contributed by atoms with E-state index < -0.39 is 0 Å². The molecule has 1 saturated heterocycles. The standard InChI is InChI=1S/C24H32N6O/c1-4-28(3)22-7-6-12-26-23(22)30(5-2)18-10-13-29(14-11-18)24(31)20-16-27-21-9-8-17(25)15-19(20)21/h6-9,12,15-16,18,27H,4-5,10-11,13-14,25H2,1-3H3. The molecule has 1 aromatic carbocycles. The number of hydrogen-bond acceptors (Lipinski definition) is 5. The van der Waals surface area contributed by atoms with E-state index in [-0.39, 0.29) is 5.91 Å². The van der Waals surface area contributed by atoms with Gasteiger partial charge in [-0.3, -0.25) is 4.79 Å². The molecule has 1 amide bonds. The quantitative estimate of drug-likeness (QED) is 0.594. The molecule has 0 unspecified atom stereocenters. The van der Waals surface area contributed by atoms with Crippen LogP contribution in [-0.4, -0.2) is 60.0 Å². The number of pyridine rings is 1. The summed E-state index contributed by atoms with van der Waals surface area (Å²) in [6, 6.07) is 10.1. The number of hydrogen-bond donors (Lipinski definition) is 2. The van der Waals surface area contributed by atoms with Crippen molar-refractivity contribution in [3.63, 3.8) is 0 Å². The minimum atomic E-state index is 0.0718. The molecule has 3 aromatic rings. The maximum atomic E-state index is 13.2. The average Bonchev–Trinajstić information content (AvgIpc) is 3.22. The second kappa shape index (κ2) is 8.88. The summed E-state index contributed by atoms with van der Waals surface area (Å²) in [6.07, 6.45) is 5.52. The highest BCUT2D eigenvalue weighted by Gasteiger charge is 2.29. The predicted octanol–water partition coefficient (Wildman–Crippen LogP) is 3.73. The molecule has 4 rings (SSSR count). The minimum absolute atomic E-state index is 0.0718. The number of carbonyl (C=O) groups is 1. The number of carbonyl (C=O) groups excluding carboxylic acids is 1. The van der Waals surface area contributed by atoms with Crippen LogP contribution in [0.4, 0.5) is 17.2 Å². The van der Waals surface area contributed by atoms with Gasteiger partial charge in [-0.2, -0.15) is 0 Å². The van der Waals surface area contributed by atoms with Crippen LogP contribution in [0.15, 0.2) is 42.7 Å². The predicted molar refractivity (Wildman–Crippen MR) is 128 cm³/mol. The Bertz CT molecular complexity index is 1050. The number of nitrogen functional groups attached to an aromatic ring is 1. The van der Waals surface area contributed by atoms with Crippen molar-refractivity contribution in [2.45, 2.75) is 32.7 Å². The Kier molecular flexibility index (Phi) is 6.02. The van der Waals surface area contributed by atoms with Crippen molar-refractivity contribution in [2.24, 2.45) is 0 Å². The van der Waals surface area contributed by atoms with Crippen molar-refractivity contribution in [2.75, 3.05) is 48.8 Å². The van der Waals surface area contributed by atoms with Gasteiger partial charge in [0, 0.05) is 68.3 Å². The molecule has 0 bridgehead atoms. The lowest BCUT2D eigenvalue weighted by Crippen LogP contribution is -2.47. The summed E-state index contributed by atoms with van der Waals surface area (Å²) < 4.78 is 0. The number of fused-ring (bicyclic) bond motifs is 1. The minimum Gasteiger partial charge on any atom is -0.399 e. The molecular weight excluding hydrogens is 388 g/mol. The van der Waals surface area contributed by atoms with Gasteiger partial charge in [0.1, 0.15) is 0 Å². The third-order valence-corrected chi connectivity index (χ3v) is 6.39. The van der Waals surface area contributed by atoms with Gasteiger partial charge in [0.15, 0.2) is 5.82 Å². The van der Waals surface area contributed by atoms with Crippen LogP contribution in [0.3, 0.4) is 0 Å². The molecular formula is C24H32N6O. The van der Waals surface area contributed by atoms with E-state index in [2.05, 4.69) is 41.7 Å². The van der Waals surface area contributed by atoms with Crippen LogP contribution in [0.1, 0.15) is 37.0 Å². The molecule has 0 spiro atoms. The summed E-state index contributed by atoms with van der Waals surface area (Å²) in [5, 5.41) is 0.892. The maximum Gasteiger partial charge on any atom is 0.256 e. The number of anilines is 3. The zero-order chi connectivity index (χ0) is 22.0. The zero-order valence-corrected chi connectivity index (χ0v) is 18.6. The van der Waals surface area contributed by atoms with Crippen LogP contribution in [-0.2, 0) is 0 Å². The van der Waals surface area contributed by atoms with Crippen LogP contribution >= 0.6 is 0 Å². The highest BCUT2D eigenvalue weighted by molar-refractivity contribution is 6.07. The first kappa shape index (κ1) is 21.0. The van der Waals surface area contributed by atoms with Gasteiger partial charge in [-0.05, 0) is 57.0 Å². The number of aromatic nitrogens is 2. The fraction of sp³-hybridized carbons (Fsp3) is 0.417. The lowest BCUT2D eigenvalue weighted by atomic mass is 10.0. The number of H-pyrrole nitrogens is 1. The number of amides is 1.